The second kappa shape index (κ2) is 5.38. The van der Waals surface area contributed by atoms with Crippen molar-refractivity contribution >= 4 is 21.8 Å². The van der Waals surface area contributed by atoms with E-state index in [0.717, 1.165) is 28.8 Å². The Labute approximate surface area is 125 Å². The highest BCUT2D eigenvalue weighted by atomic mass is 79.9. The molecule has 0 aliphatic carbocycles. The zero-order chi connectivity index (χ0) is 14.1. The quantitative estimate of drug-likeness (QED) is 0.900. The number of likely N-dealkylation sites (tertiary alicyclic amines) is 1. The molecule has 1 aliphatic heterocycles. The van der Waals surface area contributed by atoms with E-state index in [1.54, 1.807) is 11.0 Å². The average Bonchev–Trinajstić information content (AvgIpc) is 2.88. The predicted molar refractivity (Wildman–Crippen MR) is 80.5 cm³/mol. The number of carbonyl (C=O) groups is 1. The highest BCUT2D eigenvalue weighted by Gasteiger charge is 2.30. The number of halogens is 1. The molecule has 1 fully saturated rings. The zero-order valence-electron chi connectivity index (χ0n) is 11.1. The summed E-state index contributed by atoms with van der Waals surface area (Å²) in [7, 11) is 1.91. The third kappa shape index (κ3) is 2.48. The second-order valence-corrected chi connectivity index (χ2v) is 5.79. The van der Waals surface area contributed by atoms with Gasteiger partial charge in [-0.1, -0.05) is 28.1 Å². The minimum atomic E-state index is 0.00682. The molecule has 1 saturated heterocycles. The molecule has 1 aliphatic rings. The third-order valence-corrected chi connectivity index (χ3v) is 4.05. The molecule has 0 spiro atoms. The maximum atomic E-state index is 12.2. The summed E-state index contributed by atoms with van der Waals surface area (Å²) in [6, 6.07) is 10.1. The largest absolute Gasteiger partial charge is 0.334 e. The smallest absolute Gasteiger partial charge is 0.271 e. The Kier molecular flexibility index (Phi) is 3.58. The van der Waals surface area contributed by atoms with E-state index in [0.29, 0.717) is 11.7 Å². The molecule has 0 atom stereocenters. The van der Waals surface area contributed by atoms with Crippen molar-refractivity contribution in [2.45, 2.75) is 6.04 Å². The van der Waals surface area contributed by atoms with E-state index < -0.39 is 0 Å². The van der Waals surface area contributed by atoms with Crippen LogP contribution in [0.1, 0.15) is 10.5 Å². The summed E-state index contributed by atoms with van der Waals surface area (Å²) in [5.41, 5.74) is 2.31. The molecule has 20 heavy (non-hydrogen) atoms. The molecular weight excluding hydrogens is 320 g/mol. The molecule has 2 heterocycles. The monoisotopic (exact) mass is 334 g/mol. The summed E-state index contributed by atoms with van der Waals surface area (Å²) < 4.78 is 1.02. The Hall–Kier alpha value is -1.66. The Morgan fingerprint density at radius 1 is 1.40 bits per heavy atom. The summed E-state index contributed by atoms with van der Waals surface area (Å²) in [6.07, 6.45) is 0. The van der Waals surface area contributed by atoms with Gasteiger partial charge in [-0.2, -0.15) is 5.10 Å². The molecule has 2 N–H and O–H groups in total. The lowest BCUT2D eigenvalue weighted by atomic mass is 10.1. The number of benzene rings is 1. The number of hydrogen-bond donors (Lipinski definition) is 2. The lowest BCUT2D eigenvalue weighted by Crippen LogP contribution is -2.58. The van der Waals surface area contributed by atoms with Gasteiger partial charge in [0.15, 0.2) is 0 Å². The normalized spacial score (nSPS) is 15.2. The number of amides is 1. The van der Waals surface area contributed by atoms with Crippen molar-refractivity contribution < 1.29 is 4.79 Å². The molecule has 104 valence electrons. The first-order chi connectivity index (χ1) is 9.67. The topological polar surface area (TPSA) is 61.0 Å². The van der Waals surface area contributed by atoms with E-state index >= 15 is 0 Å². The number of H-pyrrole nitrogens is 1. The molecule has 1 aromatic carbocycles. The minimum Gasteiger partial charge on any atom is -0.334 e. The molecule has 5 nitrogen and oxygen atoms in total. The standard InChI is InChI=1S/C14H15BrN4O/c1-16-11-7-19(8-11)14(20)13-6-12(17-18-13)9-2-4-10(15)5-3-9/h2-6,11,16H,7-8H2,1H3,(H,17,18). The van der Waals surface area contributed by atoms with Crippen LogP contribution in [0.4, 0.5) is 0 Å². The van der Waals surface area contributed by atoms with Crippen molar-refractivity contribution in [1.29, 1.82) is 0 Å². The van der Waals surface area contributed by atoms with Gasteiger partial charge in [0.05, 0.1) is 5.69 Å². The van der Waals surface area contributed by atoms with Crippen LogP contribution in [-0.2, 0) is 0 Å². The number of carbonyl (C=O) groups excluding carboxylic acids is 1. The molecule has 0 saturated carbocycles. The van der Waals surface area contributed by atoms with E-state index in [1.165, 1.54) is 0 Å². The van der Waals surface area contributed by atoms with Crippen molar-refractivity contribution in [3.8, 4) is 11.3 Å². The number of nitrogens with one attached hydrogen (secondary N) is 2. The van der Waals surface area contributed by atoms with Gasteiger partial charge < -0.3 is 10.2 Å². The minimum absolute atomic E-state index is 0.00682. The van der Waals surface area contributed by atoms with Crippen LogP contribution in [0.5, 0.6) is 0 Å². The fraction of sp³-hybridized carbons (Fsp3) is 0.286. The van der Waals surface area contributed by atoms with E-state index in [9.17, 15) is 4.79 Å². The Morgan fingerprint density at radius 2 is 2.10 bits per heavy atom. The molecule has 0 unspecified atom stereocenters. The summed E-state index contributed by atoms with van der Waals surface area (Å²) in [5.74, 6) is 0.00682. The first-order valence-corrected chi connectivity index (χ1v) is 7.24. The number of hydrogen-bond acceptors (Lipinski definition) is 3. The number of nitrogens with zero attached hydrogens (tertiary/aromatic N) is 2. The first-order valence-electron chi connectivity index (χ1n) is 6.45. The Bertz CT molecular complexity index is 616. The number of aromatic nitrogens is 2. The third-order valence-electron chi connectivity index (χ3n) is 3.53. The van der Waals surface area contributed by atoms with Crippen LogP contribution < -0.4 is 5.32 Å². The average molecular weight is 335 g/mol. The van der Waals surface area contributed by atoms with Gasteiger partial charge in [-0.05, 0) is 25.2 Å². The van der Waals surface area contributed by atoms with Gasteiger partial charge in [-0.15, -0.1) is 0 Å². The van der Waals surface area contributed by atoms with Gasteiger partial charge in [0.2, 0.25) is 0 Å². The molecule has 1 amide bonds. The maximum absolute atomic E-state index is 12.2. The van der Waals surface area contributed by atoms with Crippen LogP contribution >= 0.6 is 15.9 Å². The molecule has 1 aromatic heterocycles. The van der Waals surface area contributed by atoms with Gasteiger partial charge in [0.25, 0.3) is 5.91 Å². The van der Waals surface area contributed by atoms with E-state index in [1.807, 2.05) is 31.3 Å². The summed E-state index contributed by atoms with van der Waals surface area (Å²) >= 11 is 3.40. The molecule has 0 radical (unpaired) electrons. The molecule has 6 heteroatoms. The lowest BCUT2D eigenvalue weighted by molar-refractivity contribution is 0.0571. The predicted octanol–water partition coefficient (Wildman–Crippen LogP) is 1.88. The highest BCUT2D eigenvalue weighted by Crippen LogP contribution is 2.21. The molecule has 3 rings (SSSR count). The summed E-state index contributed by atoms with van der Waals surface area (Å²) in [4.78, 5) is 14.0. The zero-order valence-corrected chi connectivity index (χ0v) is 12.6. The van der Waals surface area contributed by atoms with Crippen LogP contribution in [-0.4, -0.2) is 47.2 Å². The molecular formula is C14H15BrN4O. The van der Waals surface area contributed by atoms with E-state index in [4.69, 9.17) is 0 Å². The van der Waals surface area contributed by atoms with Gasteiger partial charge in [0, 0.05) is 29.2 Å². The van der Waals surface area contributed by atoms with Gasteiger partial charge in [0.1, 0.15) is 5.69 Å². The fourth-order valence-electron chi connectivity index (χ4n) is 2.20. The van der Waals surface area contributed by atoms with Gasteiger partial charge in [-0.25, -0.2) is 0 Å². The van der Waals surface area contributed by atoms with Crippen LogP contribution in [0.15, 0.2) is 34.8 Å². The van der Waals surface area contributed by atoms with Crippen LogP contribution in [0.3, 0.4) is 0 Å². The number of aromatic amines is 1. The maximum Gasteiger partial charge on any atom is 0.271 e. The SMILES string of the molecule is CNC1CN(C(=O)c2cc(-c3ccc(Br)cc3)n[nH]2)C1. The van der Waals surface area contributed by atoms with Crippen LogP contribution in [0.25, 0.3) is 11.3 Å². The Morgan fingerprint density at radius 3 is 2.75 bits per heavy atom. The number of likely N-dealkylation sites (N-methyl/N-ethyl adjacent to an activating group) is 1. The van der Waals surface area contributed by atoms with Crippen molar-refractivity contribution in [2.24, 2.45) is 0 Å². The fourth-order valence-corrected chi connectivity index (χ4v) is 2.46. The molecule has 0 bridgehead atoms. The van der Waals surface area contributed by atoms with E-state index in [2.05, 4.69) is 31.4 Å². The van der Waals surface area contributed by atoms with Crippen LogP contribution in [0.2, 0.25) is 0 Å². The number of rotatable bonds is 3. The highest BCUT2D eigenvalue weighted by molar-refractivity contribution is 9.10. The van der Waals surface area contributed by atoms with Gasteiger partial charge in [-0.3, -0.25) is 9.89 Å². The van der Waals surface area contributed by atoms with Crippen molar-refractivity contribution in [3.05, 3.63) is 40.5 Å². The van der Waals surface area contributed by atoms with E-state index in [-0.39, 0.29) is 5.91 Å². The second-order valence-electron chi connectivity index (χ2n) is 4.87. The van der Waals surface area contributed by atoms with Crippen molar-refractivity contribution in [2.75, 3.05) is 20.1 Å². The van der Waals surface area contributed by atoms with Crippen molar-refractivity contribution in [3.63, 3.8) is 0 Å². The van der Waals surface area contributed by atoms with Crippen LogP contribution in [0, 0.1) is 0 Å². The van der Waals surface area contributed by atoms with Gasteiger partial charge >= 0.3 is 0 Å². The summed E-state index contributed by atoms with van der Waals surface area (Å²) in [5, 5.41) is 10.2. The summed E-state index contributed by atoms with van der Waals surface area (Å²) in [6.45, 7) is 1.50. The first kappa shape index (κ1) is 13.3. The lowest BCUT2D eigenvalue weighted by Gasteiger charge is -2.38. The molecule has 2 aromatic rings. The van der Waals surface area contributed by atoms with Crippen molar-refractivity contribution in [1.82, 2.24) is 20.4 Å². The Balaban J connectivity index is 1.74.